The molecule has 2 atom stereocenters. The SMILES string of the molecule is CC(=O)OC(C)C(=O)OCC[N+](C)(C)C.CC(=O)OC(C)C(=O)OCC[N+](C)(C)C.O=S(=O)(O)c1cccc2c(S(=O)(=O)O)cccc12. The lowest BCUT2D eigenvalue weighted by atomic mass is 10.1. The van der Waals surface area contributed by atoms with Crippen LogP contribution in [0, 0.1) is 0 Å². The minimum Gasteiger partial charge on any atom is -0.457 e. The van der Waals surface area contributed by atoms with E-state index in [2.05, 4.69) is 9.47 Å². The summed E-state index contributed by atoms with van der Waals surface area (Å²) in [6.07, 6.45) is -1.65. The van der Waals surface area contributed by atoms with Crippen LogP contribution in [-0.4, -0.2) is 140 Å². The molecule has 0 spiro atoms. The monoisotopic (exact) mass is 724 g/mol. The van der Waals surface area contributed by atoms with Crippen molar-refractivity contribution in [2.45, 2.75) is 49.7 Å². The van der Waals surface area contributed by atoms with E-state index < -0.39 is 66.1 Å². The van der Waals surface area contributed by atoms with Crippen LogP contribution in [0.5, 0.6) is 0 Å². The molecule has 2 aromatic rings. The zero-order valence-corrected chi connectivity index (χ0v) is 30.6. The van der Waals surface area contributed by atoms with E-state index in [1.165, 1.54) is 52.0 Å². The first kappa shape index (κ1) is 44.3. The lowest BCUT2D eigenvalue weighted by Gasteiger charge is -2.23. The number of ether oxygens (including phenoxy) is 4. The number of fused-ring (bicyclic) bond motifs is 1. The molecule has 0 bridgehead atoms. The summed E-state index contributed by atoms with van der Waals surface area (Å²) in [5.41, 5.74) is 0. The molecule has 0 radical (unpaired) electrons. The average molecular weight is 725 g/mol. The van der Waals surface area contributed by atoms with E-state index in [9.17, 15) is 36.0 Å². The summed E-state index contributed by atoms with van der Waals surface area (Å²) in [5, 5.41) is 0.0465. The number of hydrogen-bond donors (Lipinski definition) is 2. The Balaban J connectivity index is 0.000000696. The Morgan fingerprint density at radius 1 is 0.625 bits per heavy atom. The third kappa shape index (κ3) is 18.6. The Hall–Kier alpha value is -3.68. The number of rotatable bonds is 12. The quantitative estimate of drug-likeness (QED) is 0.138. The van der Waals surface area contributed by atoms with Gasteiger partial charge in [0, 0.05) is 24.6 Å². The molecule has 2 N–H and O–H groups in total. The first-order valence-electron chi connectivity index (χ1n) is 14.4. The molecule has 0 aliphatic heterocycles. The number of nitrogens with zero attached hydrogens (tertiary/aromatic N) is 2. The van der Waals surface area contributed by atoms with E-state index in [1.54, 1.807) is 0 Å². The Kier molecular flexibility index (Phi) is 17.3. The maximum Gasteiger partial charge on any atom is 0.347 e. The first-order chi connectivity index (χ1) is 21.7. The fourth-order valence-electron chi connectivity index (χ4n) is 3.37. The van der Waals surface area contributed by atoms with Crippen molar-refractivity contribution < 1.29 is 73.0 Å². The number of carbonyl (C=O) groups is 4. The number of esters is 4. The van der Waals surface area contributed by atoms with Crippen LogP contribution >= 0.6 is 0 Å². The molecule has 0 fully saturated rings. The summed E-state index contributed by atoms with van der Waals surface area (Å²) < 4.78 is 83.4. The normalized spacial score (nSPS) is 13.0. The molecule has 0 aliphatic carbocycles. The van der Waals surface area contributed by atoms with Crippen LogP contribution in [0.2, 0.25) is 0 Å². The minimum absolute atomic E-state index is 0.0233. The standard InChI is InChI=1S/2C10H20NO4.C10H8O6S2/c2*1-8(15-9(2)12)10(13)14-7-6-11(3,4)5;11-17(12,13)9-5-1-3-7-8(9)4-2-6-10(7)18(14,15)16/h2*8H,6-7H2,1-5H3;1-6H,(H,11,12,13)(H,14,15,16)/q2*+1;. The van der Waals surface area contributed by atoms with Crippen molar-refractivity contribution in [2.75, 3.05) is 68.6 Å². The first-order valence-corrected chi connectivity index (χ1v) is 17.3. The second-order valence-electron chi connectivity index (χ2n) is 12.4. The van der Waals surface area contributed by atoms with E-state index >= 15 is 0 Å². The molecule has 0 saturated carbocycles. The van der Waals surface area contributed by atoms with Crippen LogP contribution in [0.15, 0.2) is 46.2 Å². The molecule has 2 aromatic carbocycles. The van der Waals surface area contributed by atoms with E-state index in [-0.39, 0.29) is 10.8 Å². The van der Waals surface area contributed by atoms with E-state index in [0.29, 0.717) is 13.2 Å². The summed E-state index contributed by atoms with van der Waals surface area (Å²) in [6, 6.07) is 7.53. The van der Waals surface area contributed by atoms with Gasteiger partial charge in [-0.25, -0.2) is 9.59 Å². The number of benzene rings is 2. The summed E-state index contributed by atoms with van der Waals surface area (Å²) in [6.45, 7) is 7.61. The van der Waals surface area contributed by atoms with Gasteiger partial charge in [-0.2, -0.15) is 16.8 Å². The van der Waals surface area contributed by atoms with Gasteiger partial charge in [0.15, 0.2) is 12.2 Å². The van der Waals surface area contributed by atoms with Gasteiger partial charge in [0.1, 0.15) is 36.1 Å². The molecule has 0 saturated heterocycles. The highest BCUT2D eigenvalue weighted by molar-refractivity contribution is 7.86. The van der Waals surface area contributed by atoms with Gasteiger partial charge in [0.2, 0.25) is 0 Å². The van der Waals surface area contributed by atoms with Crippen molar-refractivity contribution >= 4 is 54.9 Å². The van der Waals surface area contributed by atoms with Crippen LogP contribution in [-0.2, 0) is 58.4 Å². The lowest BCUT2D eigenvalue weighted by molar-refractivity contribution is -0.870. The zero-order valence-electron chi connectivity index (χ0n) is 29.0. The highest BCUT2D eigenvalue weighted by Crippen LogP contribution is 2.28. The molecular formula is C30H48N2O14S2+2. The molecule has 18 heteroatoms. The summed E-state index contributed by atoms with van der Waals surface area (Å²) >= 11 is 0. The third-order valence-electron chi connectivity index (χ3n) is 5.76. The maximum atomic E-state index is 11.3. The van der Waals surface area contributed by atoms with Gasteiger partial charge in [-0.1, -0.05) is 24.3 Å². The van der Waals surface area contributed by atoms with Crippen molar-refractivity contribution in [2.24, 2.45) is 0 Å². The number of hydrogen-bond acceptors (Lipinski definition) is 12. The topological polar surface area (TPSA) is 214 Å². The highest BCUT2D eigenvalue weighted by Gasteiger charge is 2.21. The van der Waals surface area contributed by atoms with E-state index in [4.69, 9.17) is 18.6 Å². The maximum absolute atomic E-state index is 11.3. The Labute approximate surface area is 282 Å². The predicted molar refractivity (Wildman–Crippen MR) is 174 cm³/mol. The molecular weight excluding hydrogens is 676 g/mol. The largest absolute Gasteiger partial charge is 0.457 e. The molecule has 0 aromatic heterocycles. The Bertz CT molecular complexity index is 1510. The molecule has 2 unspecified atom stereocenters. The molecule has 2 rings (SSSR count). The van der Waals surface area contributed by atoms with Crippen molar-refractivity contribution in [3.63, 3.8) is 0 Å². The fourth-order valence-corrected chi connectivity index (χ4v) is 4.78. The number of carbonyl (C=O) groups excluding carboxylic acids is 4. The molecule has 0 aliphatic rings. The average Bonchev–Trinajstić information content (AvgIpc) is 2.89. The van der Waals surface area contributed by atoms with Gasteiger partial charge < -0.3 is 27.9 Å². The highest BCUT2D eigenvalue weighted by atomic mass is 32.2. The second kappa shape index (κ2) is 18.8. The lowest BCUT2D eigenvalue weighted by Crippen LogP contribution is -2.38. The van der Waals surface area contributed by atoms with Crippen molar-refractivity contribution in [3.05, 3.63) is 36.4 Å². The number of quaternary nitrogens is 2. The van der Waals surface area contributed by atoms with Crippen molar-refractivity contribution in [3.8, 4) is 0 Å². The van der Waals surface area contributed by atoms with E-state index in [0.717, 1.165) is 34.2 Å². The van der Waals surface area contributed by atoms with E-state index in [1.807, 2.05) is 42.3 Å². The Morgan fingerprint density at radius 2 is 0.917 bits per heavy atom. The molecule has 16 nitrogen and oxygen atoms in total. The molecule has 48 heavy (non-hydrogen) atoms. The molecule has 272 valence electrons. The van der Waals surface area contributed by atoms with Gasteiger partial charge >= 0.3 is 23.9 Å². The summed E-state index contributed by atoms with van der Waals surface area (Å²) in [4.78, 5) is 42.8. The second-order valence-corrected chi connectivity index (χ2v) is 15.2. The predicted octanol–water partition coefficient (Wildman–Crippen LogP) is 1.71. The Morgan fingerprint density at radius 3 is 1.15 bits per heavy atom. The van der Waals surface area contributed by atoms with Crippen LogP contribution in [0.1, 0.15) is 27.7 Å². The zero-order chi connectivity index (χ0) is 37.7. The van der Waals surface area contributed by atoms with Crippen LogP contribution in [0.4, 0.5) is 0 Å². The summed E-state index contributed by atoms with van der Waals surface area (Å²) in [5.74, 6) is -1.96. The third-order valence-corrected chi connectivity index (χ3v) is 7.58. The minimum atomic E-state index is -4.47. The number of likely N-dealkylation sites (N-methyl/N-ethyl adjacent to an activating group) is 2. The smallest absolute Gasteiger partial charge is 0.347 e. The molecule has 0 amide bonds. The fraction of sp³-hybridized carbons (Fsp3) is 0.533. The van der Waals surface area contributed by atoms with Crippen LogP contribution in [0.25, 0.3) is 10.8 Å². The van der Waals surface area contributed by atoms with Crippen LogP contribution in [0.3, 0.4) is 0 Å². The van der Waals surface area contributed by atoms with Gasteiger partial charge in [0.05, 0.1) is 42.3 Å². The van der Waals surface area contributed by atoms with Gasteiger partial charge in [-0.15, -0.1) is 0 Å². The van der Waals surface area contributed by atoms with Gasteiger partial charge in [0.25, 0.3) is 20.2 Å². The van der Waals surface area contributed by atoms with Gasteiger partial charge in [-0.05, 0) is 26.0 Å². The van der Waals surface area contributed by atoms with Crippen molar-refractivity contribution in [1.82, 2.24) is 0 Å². The summed E-state index contributed by atoms with van der Waals surface area (Å²) in [7, 11) is 3.08. The van der Waals surface area contributed by atoms with Crippen molar-refractivity contribution in [1.29, 1.82) is 0 Å². The molecule has 0 heterocycles. The van der Waals surface area contributed by atoms with Crippen LogP contribution < -0.4 is 0 Å². The van der Waals surface area contributed by atoms with Gasteiger partial charge in [-0.3, -0.25) is 18.7 Å².